The van der Waals surface area contributed by atoms with Gasteiger partial charge in [0.05, 0.1) is 0 Å². The van der Waals surface area contributed by atoms with E-state index in [1.807, 2.05) is 60.7 Å². The molecule has 0 N–H and O–H groups in total. The first-order valence-corrected chi connectivity index (χ1v) is 12.0. The topological polar surface area (TPSA) is 17.1 Å². The summed E-state index contributed by atoms with van der Waals surface area (Å²) in [5, 5.41) is 1.25. The third-order valence-electron chi connectivity index (χ3n) is 5.20. The van der Waals surface area contributed by atoms with Crippen LogP contribution >= 0.6 is 31.9 Å². The van der Waals surface area contributed by atoms with E-state index in [-0.39, 0.29) is 5.78 Å². The molecule has 0 aliphatic carbocycles. The van der Waals surface area contributed by atoms with Crippen LogP contribution in [0.2, 0.25) is 0 Å². The van der Waals surface area contributed by atoms with E-state index in [9.17, 15) is 4.79 Å². The summed E-state index contributed by atoms with van der Waals surface area (Å²) in [6.07, 6.45) is 0. The van der Waals surface area contributed by atoms with Crippen molar-refractivity contribution < 1.29 is 4.79 Å². The standard InChI is InChI=1S/C27H20Br2O/c28-17-23-15-21(19-7-3-1-4-8-19)11-13-25(23)27(30)26-14-12-22(16-24(26)18-29)20-9-5-2-6-10-20/h1-16H,17-18H2. The van der Waals surface area contributed by atoms with Gasteiger partial charge >= 0.3 is 0 Å². The Morgan fingerprint density at radius 3 is 1.30 bits per heavy atom. The minimum absolute atomic E-state index is 0.0538. The second kappa shape index (κ2) is 9.55. The highest BCUT2D eigenvalue weighted by Crippen LogP contribution is 2.29. The molecule has 0 atom stereocenters. The molecule has 3 heteroatoms. The lowest BCUT2D eigenvalue weighted by molar-refractivity contribution is 0.103. The van der Waals surface area contributed by atoms with E-state index < -0.39 is 0 Å². The number of halogens is 2. The molecular weight excluding hydrogens is 500 g/mol. The van der Waals surface area contributed by atoms with Crippen molar-refractivity contribution in [3.8, 4) is 22.3 Å². The minimum Gasteiger partial charge on any atom is -0.289 e. The summed E-state index contributed by atoms with van der Waals surface area (Å²) in [5.74, 6) is 0.0538. The first-order valence-electron chi connectivity index (χ1n) is 9.74. The van der Waals surface area contributed by atoms with E-state index in [2.05, 4.69) is 68.3 Å². The first-order chi connectivity index (χ1) is 14.7. The van der Waals surface area contributed by atoms with Gasteiger partial charge in [0.1, 0.15) is 0 Å². The number of ketones is 1. The van der Waals surface area contributed by atoms with Gasteiger partial charge in [-0.05, 0) is 45.5 Å². The third-order valence-corrected chi connectivity index (χ3v) is 6.41. The normalized spacial score (nSPS) is 10.7. The number of carbonyl (C=O) groups is 1. The maximum Gasteiger partial charge on any atom is 0.193 e. The van der Waals surface area contributed by atoms with E-state index in [0.29, 0.717) is 10.7 Å². The molecule has 0 amide bonds. The zero-order valence-corrected chi connectivity index (χ0v) is 19.5. The Morgan fingerprint density at radius 2 is 0.933 bits per heavy atom. The van der Waals surface area contributed by atoms with Crippen LogP contribution in [0.4, 0.5) is 0 Å². The Balaban J connectivity index is 1.72. The summed E-state index contributed by atoms with van der Waals surface area (Å²) in [6.45, 7) is 0. The Kier molecular flexibility index (Phi) is 6.61. The van der Waals surface area contributed by atoms with Gasteiger partial charge in [0, 0.05) is 21.8 Å². The van der Waals surface area contributed by atoms with Gasteiger partial charge in [-0.2, -0.15) is 0 Å². The molecule has 0 radical (unpaired) electrons. The molecule has 4 aromatic carbocycles. The highest BCUT2D eigenvalue weighted by atomic mass is 79.9. The smallest absolute Gasteiger partial charge is 0.193 e. The summed E-state index contributed by atoms with van der Waals surface area (Å²) >= 11 is 7.14. The predicted octanol–water partition coefficient (Wildman–Crippen LogP) is 8.04. The van der Waals surface area contributed by atoms with E-state index in [1.54, 1.807) is 0 Å². The molecule has 0 heterocycles. The van der Waals surface area contributed by atoms with E-state index >= 15 is 0 Å². The predicted molar refractivity (Wildman–Crippen MR) is 132 cm³/mol. The number of carbonyl (C=O) groups excluding carboxylic acids is 1. The Labute approximate surface area is 194 Å². The Hall–Kier alpha value is -2.49. The summed E-state index contributed by atoms with van der Waals surface area (Å²) < 4.78 is 0. The van der Waals surface area contributed by atoms with Crippen LogP contribution in [0.5, 0.6) is 0 Å². The third kappa shape index (κ3) is 4.33. The van der Waals surface area contributed by atoms with Crippen molar-refractivity contribution in [2.45, 2.75) is 10.7 Å². The molecule has 0 saturated heterocycles. The van der Waals surface area contributed by atoms with Crippen molar-refractivity contribution in [1.82, 2.24) is 0 Å². The van der Waals surface area contributed by atoms with Crippen LogP contribution in [-0.2, 0) is 10.7 Å². The van der Waals surface area contributed by atoms with Gasteiger partial charge in [-0.3, -0.25) is 4.79 Å². The van der Waals surface area contributed by atoms with Crippen LogP contribution in [-0.4, -0.2) is 5.78 Å². The molecule has 4 aromatic rings. The fraction of sp³-hybridized carbons (Fsp3) is 0.0741. The summed E-state index contributed by atoms with van der Waals surface area (Å²) in [5.41, 5.74) is 7.98. The molecule has 0 aromatic heterocycles. The van der Waals surface area contributed by atoms with Crippen molar-refractivity contribution >= 4 is 37.6 Å². The Morgan fingerprint density at radius 1 is 0.533 bits per heavy atom. The maximum absolute atomic E-state index is 13.5. The molecule has 0 spiro atoms. The largest absolute Gasteiger partial charge is 0.289 e. The lowest BCUT2D eigenvalue weighted by Gasteiger charge is -2.13. The molecule has 0 aliphatic rings. The van der Waals surface area contributed by atoms with Gasteiger partial charge in [0.25, 0.3) is 0 Å². The molecule has 0 unspecified atom stereocenters. The fourth-order valence-corrected chi connectivity index (χ4v) is 4.54. The van der Waals surface area contributed by atoms with Crippen LogP contribution in [0.1, 0.15) is 27.0 Å². The first kappa shape index (κ1) is 20.8. The molecule has 30 heavy (non-hydrogen) atoms. The number of benzene rings is 4. The second-order valence-electron chi connectivity index (χ2n) is 7.07. The average Bonchev–Trinajstić information content (AvgIpc) is 2.84. The summed E-state index contributed by atoms with van der Waals surface area (Å²) in [4.78, 5) is 13.5. The van der Waals surface area contributed by atoms with E-state index in [1.165, 1.54) is 0 Å². The molecule has 0 bridgehead atoms. The van der Waals surface area contributed by atoms with Crippen molar-refractivity contribution in [1.29, 1.82) is 0 Å². The van der Waals surface area contributed by atoms with E-state index in [4.69, 9.17) is 0 Å². The van der Waals surface area contributed by atoms with Crippen molar-refractivity contribution in [2.75, 3.05) is 0 Å². The molecule has 1 nitrogen and oxygen atoms in total. The van der Waals surface area contributed by atoms with Crippen LogP contribution in [0.25, 0.3) is 22.3 Å². The van der Waals surface area contributed by atoms with E-state index in [0.717, 1.165) is 44.5 Å². The van der Waals surface area contributed by atoms with Crippen molar-refractivity contribution in [3.05, 3.63) is 119 Å². The van der Waals surface area contributed by atoms with Gasteiger partial charge in [-0.1, -0.05) is 117 Å². The SMILES string of the molecule is O=C(c1ccc(-c2ccccc2)cc1CBr)c1ccc(-c2ccccc2)cc1CBr. The highest BCUT2D eigenvalue weighted by Gasteiger charge is 2.18. The zero-order chi connectivity index (χ0) is 20.9. The quantitative estimate of drug-likeness (QED) is 0.186. The number of hydrogen-bond acceptors (Lipinski definition) is 1. The van der Waals surface area contributed by atoms with Crippen LogP contribution in [0.15, 0.2) is 97.1 Å². The highest BCUT2D eigenvalue weighted by molar-refractivity contribution is 9.08. The number of alkyl halides is 2. The molecule has 0 saturated carbocycles. The van der Waals surface area contributed by atoms with Gasteiger partial charge < -0.3 is 0 Å². The van der Waals surface area contributed by atoms with Gasteiger partial charge in [-0.25, -0.2) is 0 Å². The minimum atomic E-state index is 0.0538. The zero-order valence-electron chi connectivity index (χ0n) is 16.3. The molecule has 148 valence electrons. The van der Waals surface area contributed by atoms with Crippen molar-refractivity contribution in [2.24, 2.45) is 0 Å². The fourth-order valence-electron chi connectivity index (χ4n) is 3.62. The molecule has 0 aliphatic heterocycles. The van der Waals surface area contributed by atoms with Gasteiger partial charge in [-0.15, -0.1) is 0 Å². The molecule has 4 rings (SSSR count). The maximum atomic E-state index is 13.5. The van der Waals surface area contributed by atoms with Crippen molar-refractivity contribution in [3.63, 3.8) is 0 Å². The number of rotatable bonds is 6. The van der Waals surface area contributed by atoms with Gasteiger partial charge in [0.15, 0.2) is 5.78 Å². The van der Waals surface area contributed by atoms with Crippen LogP contribution in [0.3, 0.4) is 0 Å². The second-order valence-corrected chi connectivity index (χ2v) is 8.19. The van der Waals surface area contributed by atoms with Crippen LogP contribution in [0, 0.1) is 0 Å². The summed E-state index contributed by atoms with van der Waals surface area (Å²) in [6, 6.07) is 32.6. The lowest BCUT2D eigenvalue weighted by Crippen LogP contribution is -2.08. The lowest BCUT2D eigenvalue weighted by atomic mass is 9.91. The van der Waals surface area contributed by atoms with Gasteiger partial charge in [0.2, 0.25) is 0 Å². The summed E-state index contributed by atoms with van der Waals surface area (Å²) in [7, 11) is 0. The van der Waals surface area contributed by atoms with Crippen LogP contribution < -0.4 is 0 Å². The average molecular weight is 520 g/mol. The monoisotopic (exact) mass is 518 g/mol. The molecular formula is C27H20Br2O. The molecule has 0 fully saturated rings. The number of hydrogen-bond donors (Lipinski definition) is 0. The Bertz CT molecular complexity index is 1080.